The van der Waals surface area contributed by atoms with Gasteiger partial charge in [-0.3, -0.25) is 0 Å². The highest BCUT2D eigenvalue weighted by Crippen LogP contribution is 2.37. The molecule has 3 rings (SSSR count). The molecule has 5 N–H and O–H groups in total. The van der Waals surface area contributed by atoms with Crippen LogP contribution in [0.3, 0.4) is 0 Å². The van der Waals surface area contributed by atoms with Crippen molar-refractivity contribution in [1.29, 1.82) is 0 Å². The summed E-state index contributed by atoms with van der Waals surface area (Å²) in [5, 5.41) is 3.35. The first-order chi connectivity index (χ1) is 8.67. The summed E-state index contributed by atoms with van der Waals surface area (Å²) in [4.78, 5) is 16.8. The second kappa shape index (κ2) is 4.26. The van der Waals surface area contributed by atoms with Gasteiger partial charge in [-0.25, -0.2) is 4.79 Å². The lowest BCUT2D eigenvalue weighted by Crippen LogP contribution is -2.42. The zero-order valence-electron chi connectivity index (χ0n) is 10.4. The average molecular weight is 246 g/mol. The van der Waals surface area contributed by atoms with Gasteiger partial charge >= 0.3 is 5.69 Å². The number of nitrogens with one attached hydrogen (secondary N) is 3. The van der Waals surface area contributed by atoms with E-state index in [2.05, 4.69) is 21.4 Å². The maximum atomic E-state index is 11.2. The van der Waals surface area contributed by atoms with Crippen molar-refractivity contribution in [3.05, 3.63) is 34.2 Å². The fourth-order valence-corrected chi connectivity index (χ4v) is 2.90. The van der Waals surface area contributed by atoms with Gasteiger partial charge in [0.05, 0.1) is 11.0 Å². The highest BCUT2D eigenvalue weighted by molar-refractivity contribution is 5.75. The van der Waals surface area contributed by atoms with Crippen molar-refractivity contribution in [2.75, 3.05) is 7.05 Å². The van der Waals surface area contributed by atoms with Gasteiger partial charge in [-0.1, -0.05) is 6.07 Å². The molecule has 1 unspecified atom stereocenters. The lowest BCUT2D eigenvalue weighted by atomic mass is 9.74. The Morgan fingerprint density at radius 1 is 1.33 bits per heavy atom. The monoisotopic (exact) mass is 246 g/mol. The van der Waals surface area contributed by atoms with Crippen LogP contribution in [0.1, 0.15) is 24.4 Å². The van der Waals surface area contributed by atoms with E-state index in [1.165, 1.54) is 5.56 Å². The number of hydrogen-bond acceptors (Lipinski definition) is 3. The molecule has 1 fully saturated rings. The number of hydrogen-bond donors (Lipinski definition) is 4. The van der Waals surface area contributed by atoms with Crippen LogP contribution in [0.25, 0.3) is 11.0 Å². The van der Waals surface area contributed by atoms with E-state index in [4.69, 9.17) is 5.73 Å². The summed E-state index contributed by atoms with van der Waals surface area (Å²) in [5.74, 6) is 0.591. The Bertz CT molecular complexity index is 609. The summed E-state index contributed by atoms with van der Waals surface area (Å²) < 4.78 is 0. The molecule has 0 radical (unpaired) electrons. The van der Waals surface area contributed by atoms with Gasteiger partial charge in [-0.05, 0) is 43.5 Å². The van der Waals surface area contributed by atoms with E-state index in [0.717, 1.165) is 23.9 Å². The van der Waals surface area contributed by atoms with Gasteiger partial charge in [0.25, 0.3) is 0 Å². The first-order valence-corrected chi connectivity index (χ1v) is 6.32. The van der Waals surface area contributed by atoms with Crippen LogP contribution >= 0.6 is 0 Å². The number of aromatic nitrogens is 2. The van der Waals surface area contributed by atoms with Crippen LogP contribution in [0.2, 0.25) is 0 Å². The molecule has 1 aromatic heterocycles. The summed E-state index contributed by atoms with van der Waals surface area (Å²) in [6.45, 7) is 0. The molecule has 5 heteroatoms. The molecule has 1 aliphatic carbocycles. The highest BCUT2D eigenvalue weighted by Gasteiger charge is 2.33. The summed E-state index contributed by atoms with van der Waals surface area (Å²) in [5.41, 5.74) is 8.61. The number of fused-ring (bicyclic) bond motifs is 1. The molecule has 96 valence electrons. The Hall–Kier alpha value is -1.59. The van der Waals surface area contributed by atoms with Gasteiger partial charge in [-0.15, -0.1) is 0 Å². The molecule has 5 nitrogen and oxygen atoms in total. The van der Waals surface area contributed by atoms with E-state index in [0.29, 0.717) is 18.0 Å². The second-order valence-electron chi connectivity index (χ2n) is 5.14. The zero-order chi connectivity index (χ0) is 12.7. The van der Waals surface area contributed by atoms with Gasteiger partial charge in [0.1, 0.15) is 0 Å². The van der Waals surface area contributed by atoms with Crippen molar-refractivity contribution >= 4 is 11.0 Å². The number of rotatable bonds is 3. The molecule has 1 heterocycles. The Kier molecular flexibility index (Phi) is 2.72. The maximum Gasteiger partial charge on any atom is 0.323 e. The molecule has 1 atom stereocenters. The molecule has 2 aromatic rings. The number of benzene rings is 1. The minimum absolute atomic E-state index is 0.158. The molecular formula is C13H18N4O. The summed E-state index contributed by atoms with van der Waals surface area (Å²) in [6.07, 6.45) is 2.13. The molecule has 18 heavy (non-hydrogen) atoms. The average Bonchev–Trinajstić information content (AvgIpc) is 2.67. The van der Waals surface area contributed by atoms with E-state index in [9.17, 15) is 4.79 Å². The van der Waals surface area contributed by atoms with E-state index in [-0.39, 0.29) is 5.69 Å². The number of aromatic amines is 2. The van der Waals surface area contributed by atoms with E-state index < -0.39 is 0 Å². The molecule has 0 bridgehead atoms. The number of H-pyrrole nitrogens is 2. The van der Waals surface area contributed by atoms with Gasteiger partial charge in [0.15, 0.2) is 0 Å². The summed E-state index contributed by atoms with van der Waals surface area (Å²) in [6, 6.07) is 6.72. The van der Waals surface area contributed by atoms with Crippen LogP contribution in [0.15, 0.2) is 23.0 Å². The van der Waals surface area contributed by atoms with E-state index in [1.54, 1.807) is 0 Å². The SMILES string of the molecule is CNC(c1ccc2[nH]c(=O)[nH]c2c1)C1CC(N)C1. The topological polar surface area (TPSA) is 86.7 Å². The number of nitrogens with two attached hydrogens (primary N) is 1. The fourth-order valence-electron chi connectivity index (χ4n) is 2.90. The fraction of sp³-hybridized carbons (Fsp3) is 0.462. The molecule has 0 amide bonds. The molecule has 0 saturated heterocycles. The normalized spacial score (nSPS) is 25.0. The quantitative estimate of drug-likeness (QED) is 0.647. The lowest BCUT2D eigenvalue weighted by molar-refractivity contribution is 0.204. The van der Waals surface area contributed by atoms with Gasteiger partial charge < -0.3 is 21.0 Å². The predicted molar refractivity (Wildman–Crippen MR) is 71.4 cm³/mol. The third kappa shape index (κ3) is 1.85. The maximum absolute atomic E-state index is 11.2. The molecule has 1 aliphatic rings. The van der Waals surface area contributed by atoms with Crippen molar-refractivity contribution in [2.24, 2.45) is 11.7 Å². The van der Waals surface area contributed by atoms with Crippen LogP contribution in [-0.4, -0.2) is 23.1 Å². The van der Waals surface area contributed by atoms with Crippen LogP contribution in [-0.2, 0) is 0 Å². The number of imidazole rings is 1. The van der Waals surface area contributed by atoms with E-state index >= 15 is 0 Å². The van der Waals surface area contributed by atoms with Crippen molar-refractivity contribution < 1.29 is 0 Å². The smallest absolute Gasteiger partial charge is 0.323 e. The van der Waals surface area contributed by atoms with Crippen LogP contribution < -0.4 is 16.7 Å². The van der Waals surface area contributed by atoms with Crippen molar-refractivity contribution in [1.82, 2.24) is 15.3 Å². The minimum atomic E-state index is -0.158. The standard InChI is InChI=1S/C13H18N4O/c1-15-12(8-4-9(14)5-8)7-2-3-10-11(6-7)17-13(18)16-10/h2-3,6,8-9,12,15H,4-5,14H2,1H3,(H2,16,17,18). The Morgan fingerprint density at radius 3 is 2.72 bits per heavy atom. The van der Waals surface area contributed by atoms with Crippen molar-refractivity contribution in [2.45, 2.75) is 24.9 Å². The third-order valence-electron chi connectivity index (χ3n) is 3.89. The molecule has 1 saturated carbocycles. The molecule has 0 aliphatic heterocycles. The van der Waals surface area contributed by atoms with Crippen molar-refractivity contribution in [3.8, 4) is 0 Å². The first-order valence-electron chi connectivity index (χ1n) is 6.32. The Morgan fingerprint density at radius 2 is 2.06 bits per heavy atom. The van der Waals surface area contributed by atoms with Crippen molar-refractivity contribution in [3.63, 3.8) is 0 Å². The summed E-state index contributed by atoms with van der Waals surface area (Å²) >= 11 is 0. The van der Waals surface area contributed by atoms with E-state index in [1.807, 2.05) is 19.2 Å². The molecule has 1 aromatic carbocycles. The molecule has 0 spiro atoms. The lowest BCUT2D eigenvalue weighted by Gasteiger charge is -2.38. The summed E-state index contributed by atoms with van der Waals surface area (Å²) in [7, 11) is 1.97. The van der Waals surface area contributed by atoms with Gasteiger partial charge in [0.2, 0.25) is 0 Å². The largest absolute Gasteiger partial charge is 0.328 e. The minimum Gasteiger partial charge on any atom is -0.328 e. The zero-order valence-corrected chi connectivity index (χ0v) is 10.4. The van der Waals surface area contributed by atoms with Gasteiger partial charge in [0, 0.05) is 12.1 Å². The Balaban J connectivity index is 1.94. The van der Waals surface area contributed by atoms with Crippen LogP contribution in [0.5, 0.6) is 0 Å². The molecular weight excluding hydrogens is 228 g/mol. The van der Waals surface area contributed by atoms with Crippen LogP contribution in [0, 0.1) is 5.92 Å². The Labute approximate surface area is 105 Å². The van der Waals surface area contributed by atoms with Crippen LogP contribution in [0.4, 0.5) is 0 Å². The highest BCUT2D eigenvalue weighted by atomic mass is 16.1. The third-order valence-corrected chi connectivity index (χ3v) is 3.89. The second-order valence-corrected chi connectivity index (χ2v) is 5.14. The predicted octanol–water partition coefficient (Wildman–Crippen LogP) is 0.854. The first kappa shape index (κ1) is 11.5. The van der Waals surface area contributed by atoms with Gasteiger partial charge in [-0.2, -0.15) is 0 Å².